The molecule has 0 radical (unpaired) electrons. The molecule has 0 unspecified atom stereocenters. The summed E-state index contributed by atoms with van der Waals surface area (Å²) in [6.45, 7) is 0.442. The quantitative estimate of drug-likeness (QED) is 0.442. The Morgan fingerprint density at radius 3 is 2.67 bits per heavy atom. The van der Waals surface area contributed by atoms with E-state index in [0.29, 0.717) is 18.4 Å². The largest absolute Gasteiger partial charge is 0.451 e. The van der Waals surface area contributed by atoms with Crippen molar-refractivity contribution in [3.63, 3.8) is 0 Å². The lowest BCUT2D eigenvalue weighted by Crippen LogP contribution is -2.14. The van der Waals surface area contributed by atoms with Gasteiger partial charge >= 0.3 is 6.18 Å². The lowest BCUT2D eigenvalue weighted by atomic mass is 10.1. The first-order valence-electron chi connectivity index (χ1n) is 8.25. The van der Waals surface area contributed by atoms with Gasteiger partial charge in [-0.1, -0.05) is 34.1 Å². The van der Waals surface area contributed by atoms with Crippen LogP contribution in [-0.4, -0.2) is 21.5 Å². The molecule has 2 N–H and O–H groups in total. The van der Waals surface area contributed by atoms with Crippen LogP contribution in [0.4, 0.5) is 19.0 Å². The van der Waals surface area contributed by atoms with Gasteiger partial charge < -0.3 is 10.3 Å². The van der Waals surface area contributed by atoms with Gasteiger partial charge in [-0.15, -0.1) is 0 Å². The Bertz CT molecular complexity index is 1120. The van der Waals surface area contributed by atoms with Crippen molar-refractivity contribution in [2.45, 2.75) is 12.6 Å². The fraction of sp³-hybridized carbons (Fsp3) is 0.158. The second kappa shape index (κ2) is 6.84. The summed E-state index contributed by atoms with van der Waals surface area (Å²) in [4.78, 5) is 10.6. The third-order valence-corrected chi connectivity index (χ3v) is 4.77. The van der Waals surface area contributed by atoms with Gasteiger partial charge in [-0.25, -0.2) is 9.97 Å². The molecule has 2 heterocycles. The summed E-state index contributed by atoms with van der Waals surface area (Å²) in [7, 11) is 0. The number of H-pyrrole nitrogens is 1. The molecule has 27 heavy (non-hydrogen) atoms. The molecule has 4 aromatic rings. The number of rotatable bonds is 4. The summed E-state index contributed by atoms with van der Waals surface area (Å²) in [5, 5.41) is 4.69. The zero-order valence-electron chi connectivity index (χ0n) is 13.9. The number of halogens is 4. The molecule has 0 fully saturated rings. The SMILES string of the molecule is FC(F)(F)c1nc(NCCc2c[nH]c3ccccc23)c2cc(Br)ccc2n1. The van der Waals surface area contributed by atoms with Crippen molar-refractivity contribution in [3.8, 4) is 0 Å². The standard InChI is InChI=1S/C19H14BrF3N4/c20-12-5-6-16-14(9-12)17(27-18(26-16)19(21,22)23)24-8-7-11-10-25-15-4-2-1-3-13(11)15/h1-6,9-10,25H,7-8H2,(H,24,26,27). The molecule has 0 atom stereocenters. The minimum atomic E-state index is -4.60. The summed E-state index contributed by atoms with van der Waals surface area (Å²) in [5.74, 6) is -0.972. The van der Waals surface area contributed by atoms with Gasteiger partial charge in [0.25, 0.3) is 0 Å². The number of aromatic nitrogens is 3. The van der Waals surface area contributed by atoms with Crippen molar-refractivity contribution < 1.29 is 13.2 Å². The van der Waals surface area contributed by atoms with Crippen molar-refractivity contribution in [1.29, 1.82) is 0 Å². The molecular formula is C19H14BrF3N4. The number of fused-ring (bicyclic) bond motifs is 2. The maximum atomic E-state index is 13.1. The van der Waals surface area contributed by atoms with E-state index in [0.717, 1.165) is 20.9 Å². The van der Waals surface area contributed by atoms with Gasteiger partial charge in [0.05, 0.1) is 5.52 Å². The smallest absolute Gasteiger partial charge is 0.369 e. The number of hydrogen-bond donors (Lipinski definition) is 2. The Hall–Kier alpha value is -2.61. The highest BCUT2D eigenvalue weighted by Gasteiger charge is 2.35. The third-order valence-electron chi connectivity index (χ3n) is 4.27. The van der Waals surface area contributed by atoms with E-state index in [1.165, 1.54) is 0 Å². The molecule has 0 aliphatic rings. The summed E-state index contributed by atoms with van der Waals surface area (Å²) < 4.78 is 40.1. The van der Waals surface area contributed by atoms with Gasteiger partial charge in [0, 0.05) is 33.5 Å². The fourth-order valence-electron chi connectivity index (χ4n) is 3.02. The number of nitrogens with zero attached hydrogens (tertiary/aromatic N) is 2. The molecule has 0 aliphatic heterocycles. The fourth-order valence-corrected chi connectivity index (χ4v) is 3.38. The second-order valence-electron chi connectivity index (χ2n) is 6.09. The van der Waals surface area contributed by atoms with Crippen LogP contribution in [0.15, 0.2) is 53.1 Å². The first-order chi connectivity index (χ1) is 12.9. The molecule has 2 aromatic heterocycles. The average molecular weight is 435 g/mol. The number of para-hydroxylation sites is 1. The van der Waals surface area contributed by atoms with Crippen LogP contribution in [0.2, 0.25) is 0 Å². The first-order valence-corrected chi connectivity index (χ1v) is 9.04. The number of anilines is 1. The monoisotopic (exact) mass is 434 g/mol. The van der Waals surface area contributed by atoms with Crippen LogP contribution in [0.5, 0.6) is 0 Å². The Labute approximate surface area is 161 Å². The predicted molar refractivity (Wildman–Crippen MR) is 103 cm³/mol. The van der Waals surface area contributed by atoms with Gasteiger partial charge in [0.1, 0.15) is 5.82 Å². The minimum absolute atomic E-state index is 0.175. The zero-order chi connectivity index (χ0) is 19.0. The Kier molecular flexibility index (Phi) is 4.51. The molecular weight excluding hydrogens is 421 g/mol. The summed E-state index contributed by atoms with van der Waals surface area (Å²) in [5.41, 5.74) is 2.37. The molecule has 0 saturated carbocycles. The third kappa shape index (κ3) is 3.62. The van der Waals surface area contributed by atoms with Gasteiger partial charge in [-0.2, -0.15) is 13.2 Å². The Balaban J connectivity index is 1.63. The van der Waals surface area contributed by atoms with Gasteiger partial charge in [0.15, 0.2) is 0 Å². The predicted octanol–water partition coefficient (Wildman–Crippen LogP) is 5.55. The lowest BCUT2D eigenvalue weighted by molar-refractivity contribution is -0.144. The highest BCUT2D eigenvalue weighted by atomic mass is 79.9. The molecule has 0 saturated heterocycles. The summed E-state index contributed by atoms with van der Waals surface area (Å²) in [6, 6.07) is 12.8. The molecule has 0 bridgehead atoms. The number of benzene rings is 2. The number of alkyl halides is 3. The maximum absolute atomic E-state index is 13.1. The van der Waals surface area contributed by atoms with Crippen LogP contribution in [0.1, 0.15) is 11.4 Å². The molecule has 4 rings (SSSR count). The van der Waals surface area contributed by atoms with Crippen molar-refractivity contribution in [1.82, 2.24) is 15.0 Å². The molecule has 4 nitrogen and oxygen atoms in total. The Morgan fingerprint density at radius 2 is 1.85 bits per heavy atom. The summed E-state index contributed by atoms with van der Waals surface area (Å²) >= 11 is 3.34. The highest BCUT2D eigenvalue weighted by Crippen LogP contribution is 2.31. The van der Waals surface area contributed by atoms with Crippen LogP contribution in [-0.2, 0) is 12.6 Å². The summed E-state index contributed by atoms with van der Waals surface area (Å²) in [6.07, 6.45) is -2.04. The topological polar surface area (TPSA) is 53.6 Å². The van der Waals surface area contributed by atoms with Gasteiger partial charge in [-0.3, -0.25) is 0 Å². The van der Waals surface area contributed by atoms with Crippen LogP contribution >= 0.6 is 15.9 Å². The van der Waals surface area contributed by atoms with Gasteiger partial charge in [0.2, 0.25) is 5.82 Å². The van der Waals surface area contributed by atoms with E-state index in [1.807, 2.05) is 30.5 Å². The number of nitrogens with one attached hydrogen (secondary N) is 2. The van der Waals surface area contributed by atoms with Crippen LogP contribution in [0.3, 0.4) is 0 Å². The molecule has 8 heteroatoms. The second-order valence-corrected chi connectivity index (χ2v) is 7.01. The van der Waals surface area contributed by atoms with E-state index in [-0.39, 0.29) is 11.3 Å². The van der Waals surface area contributed by atoms with Crippen LogP contribution in [0, 0.1) is 0 Å². The average Bonchev–Trinajstić information content (AvgIpc) is 3.04. The van der Waals surface area contributed by atoms with E-state index in [4.69, 9.17) is 0 Å². The van der Waals surface area contributed by atoms with Crippen LogP contribution < -0.4 is 5.32 Å². The first kappa shape index (κ1) is 17.8. The zero-order valence-corrected chi connectivity index (χ0v) is 15.5. The van der Waals surface area contributed by atoms with Crippen molar-refractivity contribution >= 4 is 43.6 Å². The molecule has 138 valence electrons. The Morgan fingerprint density at radius 1 is 1.04 bits per heavy atom. The number of aromatic amines is 1. The molecule has 2 aromatic carbocycles. The van der Waals surface area contributed by atoms with E-state index in [1.54, 1.807) is 18.2 Å². The minimum Gasteiger partial charge on any atom is -0.369 e. The van der Waals surface area contributed by atoms with Crippen molar-refractivity contribution in [3.05, 3.63) is 64.5 Å². The maximum Gasteiger partial charge on any atom is 0.451 e. The van der Waals surface area contributed by atoms with E-state index in [2.05, 4.69) is 36.2 Å². The van der Waals surface area contributed by atoms with Crippen molar-refractivity contribution in [2.75, 3.05) is 11.9 Å². The van der Waals surface area contributed by atoms with Crippen LogP contribution in [0.25, 0.3) is 21.8 Å². The normalized spacial score (nSPS) is 12.0. The molecule has 0 spiro atoms. The van der Waals surface area contributed by atoms with E-state index in [9.17, 15) is 13.2 Å². The lowest BCUT2D eigenvalue weighted by Gasteiger charge is -2.12. The molecule has 0 aliphatic carbocycles. The van der Waals surface area contributed by atoms with Gasteiger partial charge in [-0.05, 0) is 36.2 Å². The number of hydrogen-bond acceptors (Lipinski definition) is 3. The van der Waals surface area contributed by atoms with Crippen molar-refractivity contribution in [2.24, 2.45) is 0 Å². The molecule has 0 amide bonds. The van der Waals surface area contributed by atoms with E-state index < -0.39 is 12.0 Å². The highest BCUT2D eigenvalue weighted by molar-refractivity contribution is 9.10. The van der Waals surface area contributed by atoms with E-state index >= 15 is 0 Å².